The van der Waals surface area contributed by atoms with E-state index in [1.165, 1.54) is 5.57 Å². The summed E-state index contributed by atoms with van der Waals surface area (Å²) in [5.41, 5.74) is 1.27. The molecule has 0 fully saturated rings. The van der Waals surface area contributed by atoms with Crippen LogP contribution in [0, 0.1) is 11.5 Å². The Morgan fingerprint density at radius 3 is 2.71 bits per heavy atom. The molecular formula is C5H6N2. The summed E-state index contributed by atoms with van der Waals surface area (Å²) in [6.45, 7) is 2.00. The van der Waals surface area contributed by atoms with Crippen molar-refractivity contribution in [3.63, 3.8) is 0 Å². The second-order valence-corrected chi connectivity index (χ2v) is 1.64. The molecule has 0 heterocycles. The molecule has 1 aliphatic carbocycles. The molecule has 7 heavy (non-hydrogen) atoms. The van der Waals surface area contributed by atoms with Crippen molar-refractivity contribution in [3.8, 4) is 6.19 Å². The zero-order valence-electron chi connectivity index (χ0n) is 4.10. The van der Waals surface area contributed by atoms with Crippen molar-refractivity contribution in [3.05, 3.63) is 11.6 Å². The molecule has 0 saturated carbocycles. The summed E-state index contributed by atoms with van der Waals surface area (Å²) in [5, 5.41) is 10.6. The maximum Gasteiger partial charge on any atom is 0.177 e. The van der Waals surface area contributed by atoms with Crippen LogP contribution in [-0.2, 0) is 0 Å². The van der Waals surface area contributed by atoms with Crippen molar-refractivity contribution in [2.45, 2.75) is 13.0 Å². The smallest absolute Gasteiger partial charge is 0.177 e. The van der Waals surface area contributed by atoms with E-state index < -0.39 is 0 Å². The van der Waals surface area contributed by atoms with E-state index >= 15 is 0 Å². The van der Waals surface area contributed by atoms with E-state index in [0.717, 1.165) is 0 Å². The van der Waals surface area contributed by atoms with Crippen molar-refractivity contribution >= 4 is 0 Å². The van der Waals surface area contributed by atoms with Gasteiger partial charge in [0, 0.05) is 0 Å². The van der Waals surface area contributed by atoms with Crippen LogP contribution in [0.5, 0.6) is 0 Å². The SMILES string of the molecule is CC1=CC1NC#N. The summed E-state index contributed by atoms with van der Waals surface area (Å²) in [7, 11) is 0. The lowest BCUT2D eigenvalue weighted by Gasteiger charge is -1.86. The molecule has 0 bridgehead atoms. The molecule has 2 heteroatoms. The van der Waals surface area contributed by atoms with Crippen molar-refractivity contribution in [2.24, 2.45) is 0 Å². The van der Waals surface area contributed by atoms with Crippen LogP contribution < -0.4 is 5.32 Å². The Hall–Kier alpha value is -0.970. The summed E-state index contributed by atoms with van der Waals surface area (Å²) in [4.78, 5) is 0. The Kier molecular flexibility index (Phi) is 0.759. The van der Waals surface area contributed by atoms with Crippen molar-refractivity contribution in [2.75, 3.05) is 0 Å². The molecule has 2 nitrogen and oxygen atoms in total. The fourth-order valence-electron chi connectivity index (χ4n) is 0.440. The molecule has 1 unspecified atom stereocenters. The topological polar surface area (TPSA) is 35.8 Å². The van der Waals surface area contributed by atoms with Gasteiger partial charge < -0.3 is 5.32 Å². The predicted octanol–water partition coefficient (Wildman–Crippen LogP) is 0.386. The molecule has 1 N–H and O–H groups in total. The molecule has 0 saturated heterocycles. The van der Waals surface area contributed by atoms with Gasteiger partial charge in [-0.1, -0.05) is 6.08 Å². The van der Waals surface area contributed by atoms with Crippen LogP contribution in [0.25, 0.3) is 0 Å². The minimum atomic E-state index is 0.296. The van der Waals surface area contributed by atoms with Gasteiger partial charge in [0.15, 0.2) is 6.19 Å². The lowest BCUT2D eigenvalue weighted by atomic mass is 10.5. The standard InChI is InChI=1S/C5H6N2/c1-4-2-5(4)7-3-6/h2,5,7H,1H3. The minimum Gasteiger partial charge on any atom is -0.313 e. The van der Waals surface area contributed by atoms with E-state index in [0.29, 0.717) is 6.04 Å². The first-order chi connectivity index (χ1) is 3.34. The molecule has 0 aromatic carbocycles. The highest BCUT2D eigenvalue weighted by Crippen LogP contribution is 2.16. The van der Waals surface area contributed by atoms with Gasteiger partial charge in [-0.05, 0) is 12.5 Å². The first-order valence-electron chi connectivity index (χ1n) is 2.17. The Labute approximate surface area is 42.4 Å². The van der Waals surface area contributed by atoms with Gasteiger partial charge in [0.25, 0.3) is 0 Å². The van der Waals surface area contributed by atoms with Crippen molar-refractivity contribution < 1.29 is 0 Å². The molecule has 1 atom stereocenters. The fraction of sp³-hybridized carbons (Fsp3) is 0.400. The Morgan fingerprint density at radius 2 is 2.57 bits per heavy atom. The van der Waals surface area contributed by atoms with Crippen LogP contribution in [-0.4, -0.2) is 6.04 Å². The third-order valence-electron chi connectivity index (χ3n) is 1.03. The van der Waals surface area contributed by atoms with E-state index in [2.05, 4.69) is 5.32 Å². The molecule has 0 aromatic rings. The van der Waals surface area contributed by atoms with Gasteiger partial charge in [-0.2, -0.15) is 5.26 Å². The molecule has 0 aliphatic heterocycles. The highest BCUT2D eigenvalue weighted by molar-refractivity contribution is 5.33. The summed E-state index contributed by atoms with van der Waals surface area (Å²) in [5.74, 6) is 0. The average molecular weight is 94.1 g/mol. The summed E-state index contributed by atoms with van der Waals surface area (Å²) >= 11 is 0. The number of rotatable bonds is 1. The quantitative estimate of drug-likeness (QED) is 0.290. The number of nitrogens with one attached hydrogen (secondary N) is 1. The van der Waals surface area contributed by atoms with Gasteiger partial charge in [-0.25, -0.2) is 0 Å². The van der Waals surface area contributed by atoms with Gasteiger partial charge in [0.1, 0.15) is 0 Å². The van der Waals surface area contributed by atoms with Gasteiger partial charge in [-0.3, -0.25) is 0 Å². The van der Waals surface area contributed by atoms with Crippen molar-refractivity contribution in [1.29, 1.82) is 5.26 Å². The Bertz CT molecular complexity index is 141. The van der Waals surface area contributed by atoms with Crippen LogP contribution in [0.2, 0.25) is 0 Å². The molecular weight excluding hydrogens is 88.1 g/mol. The summed E-state index contributed by atoms with van der Waals surface area (Å²) < 4.78 is 0. The van der Waals surface area contributed by atoms with E-state index in [9.17, 15) is 0 Å². The largest absolute Gasteiger partial charge is 0.313 e. The van der Waals surface area contributed by atoms with Crippen molar-refractivity contribution in [1.82, 2.24) is 5.32 Å². The Morgan fingerprint density at radius 1 is 2.00 bits per heavy atom. The monoisotopic (exact) mass is 94.1 g/mol. The van der Waals surface area contributed by atoms with E-state index in [1.807, 2.05) is 19.2 Å². The fourth-order valence-corrected chi connectivity index (χ4v) is 0.440. The summed E-state index contributed by atoms with van der Waals surface area (Å²) in [6, 6.07) is 0.296. The molecule has 0 radical (unpaired) electrons. The number of hydrogen-bond donors (Lipinski definition) is 1. The molecule has 1 aliphatic rings. The molecule has 36 valence electrons. The summed E-state index contributed by atoms with van der Waals surface area (Å²) in [6.07, 6.45) is 3.86. The zero-order chi connectivity index (χ0) is 5.28. The third-order valence-corrected chi connectivity index (χ3v) is 1.03. The van der Waals surface area contributed by atoms with E-state index in [4.69, 9.17) is 5.26 Å². The van der Waals surface area contributed by atoms with Gasteiger partial charge >= 0.3 is 0 Å². The van der Waals surface area contributed by atoms with Gasteiger partial charge in [0.05, 0.1) is 6.04 Å². The lowest BCUT2D eigenvalue weighted by molar-refractivity contribution is 0.909. The number of nitriles is 1. The molecule has 0 amide bonds. The van der Waals surface area contributed by atoms with E-state index in [1.54, 1.807) is 0 Å². The zero-order valence-corrected chi connectivity index (χ0v) is 4.10. The maximum atomic E-state index is 8.00. The minimum absolute atomic E-state index is 0.296. The highest BCUT2D eigenvalue weighted by atomic mass is 14.9. The lowest BCUT2D eigenvalue weighted by Crippen LogP contribution is -2.09. The second kappa shape index (κ2) is 1.27. The third kappa shape index (κ3) is 0.716. The molecule has 1 rings (SSSR count). The van der Waals surface area contributed by atoms with Crippen LogP contribution in [0.3, 0.4) is 0 Å². The van der Waals surface area contributed by atoms with E-state index in [-0.39, 0.29) is 0 Å². The van der Waals surface area contributed by atoms with Crippen LogP contribution in [0.15, 0.2) is 11.6 Å². The molecule has 0 spiro atoms. The normalized spacial score (nSPS) is 25.1. The number of hydrogen-bond acceptors (Lipinski definition) is 2. The second-order valence-electron chi connectivity index (χ2n) is 1.64. The van der Waals surface area contributed by atoms with Crippen LogP contribution in [0.4, 0.5) is 0 Å². The molecule has 0 aromatic heterocycles. The number of nitrogens with zero attached hydrogens (tertiary/aromatic N) is 1. The first kappa shape index (κ1) is 4.20. The first-order valence-corrected chi connectivity index (χ1v) is 2.17. The Balaban J connectivity index is 2.17. The van der Waals surface area contributed by atoms with Crippen LogP contribution in [0.1, 0.15) is 6.92 Å². The maximum absolute atomic E-state index is 8.00. The average Bonchev–Trinajstić information content (AvgIpc) is 2.22. The van der Waals surface area contributed by atoms with Crippen LogP contribution >= 0.6 is 0 Å². The van der Waals surface area contributed by atoms with Gasteiger partial charge in [0.2, 0.25) is 0 Å². The van der Waals surface area contributed by atoms with Gasteiger partial charge in [-0.15, -0.1) is 0 Å². The highest BCUT2D eigenvalue weighted by Gasteiger charge is 2.17. The predicted molar refractivity (Wildman–Crippen MR) is 26.3 cm³/mol.